The third-order valence-corrected chi connectivity index (χ3v) is 13.5. The lowest BCUT2D eigenvalue weighted by Gasteiger charge is -2.18. The maximum Gasteiger partial charge on any atom is 0.306 e. The Labute approximate surface area is 399 Å². The molecule has 0 bridgehead atoms. The van der Waals surface area contributed by atoms with Gasteiger partial charge in [-0.3, -0.25) is 14.4 Å². The molecule has 6 heteroatoms. The number of hydrogen-bond acceptors (Lipinski definition) is 6. The van der Waals surface area contributed by atoms with Gasteiger partial charge in [-0.2, -0.15) is 0 Å². The lowest BCUT2D eigenvalue weighted by atomic mass is 9.99. The molecule has 64 heavy (non-hydrogen) atoms. The molecular formula is C58H112O6. The Morgan fingerprint density at radius 1 is 0.312 bits per heavy atom. The first-order valence-corrected chi connectivity index (χ1v) is 28.6. The van der Waals surface area contributed by atoms with Gasteiger partial charge in [-0.1, -0.05) is 279 Å². The maximum atomic E-state index is 12.8. The van der Waals surface area contributed by atoms with Gasteiger partial charge in [0.15, 0.2) is 6.10 Å². The molecule has 0 N–H and O–H groups in total. The van der Waals surface area contributed by atoms with E-state index in [0.717, 1.165) is 75.5 Å². The van der Waals surface area contributed by atoms with Crippen molar-refractivity contribution in [3.05, 3.63) is 0 Å². The van der Waals surface area contributed by atoms with Crippen LogP contribution in [0.1, 0.15) is 318 Å². The highest BCUT2D eigenvalue weighted by Crippen LogP contribution is 2.19. The van der Waals surface area contributed by atoms with E-state index < -0.39 is 6.10 Å². The van der Waals surface area contributed by atoms with Crippen LogP contribution in [0.3, 0.4) is 0 Å². The van der Waals surface area contributed by atoms with Gasteiger partial charge in [0.1, 0.15) is 13.2 Å². The summed E-state index contributed by atoms with van der Waals surface area (Å²) in [5, 5.41) is 0. The SMILES string of the molecule is CCC(C)CCCCCCCCCCC(=O)OC[C@H](COC(=O)CCCCCCCCCCCCCCCC(C)C)OC(=O)CCCCCCCCCCCCCCCCCC(C)C. The molecule has 0 fully saturated rings. The molecular weight excluding hydrogens is 793 g/mol. The Hall–Kier alpha value is -1.59. The van der Waals surface area contributed by atoms with E-state index in [0.29, 0.717) is 19.3 Å². The van der Waals surface area contributed by atoms with Crippen molar-refractivity contribution < 1.29 is 28.6 Å². The standard InChI is InChI=1S/C58H112O6/c1-7-54(6)46-40-34-28-24-25-30-36-42-48-57(60)63-51-55(50-62-56(59)47-41-35-29-22-18-15-11-13-17-21-27-33-39-45-53(4)5)64-58(61)49-43-37-31-23-19-14-10-8-9-12-16-20-26-32-38-44-52(2)3/h52-55H,7-51H2,1-6H3/t54?,55-/m0/s1. The Morgan fingerprint density at radius 3 is 0.812 bits per heavy atom. The summed E-state index contributed by atoms with van der Waals surface area (Å²) in [5.74, 6) is 1.69. The average molecular weight is 906 g/mol. The Morgan fingerprint density at radius 2 is 0.547 bits per heavy atom. The van der Waals surface area contributed by atoms with Crippen molar-refractivity contribution in [3.63, 3.8) is 0 Å². The molecule has 0 saturated heterocycles. The highest BCUT2D eigenvalue weighted by Gasteiger charge is 2.19. The van der Waals surface area contributed by atoms with Crippen LogP contribution in [0.2, 0.25) is 0 Å². The van der Waals surface area contributed by atoms with E-state index in [1.807, 2.05) is 0 Å². The van der Waals surface area contributed by atoms with E-state index >= 15 is 0 Å². The van der Waals surface area contributed by atoms with Crippen molar-refractivity contribution in [1.82, 2.24) is 0 Å². The molecule has 0 saturated carbocycles. The number of rotatable bonds is 51. The first kappa shape index (κ1) is 62.4. The summed E-state index contributed by atoms with van der Waals surface area (Å²) < 4.78 is 16.9. The lowest BCUT2D eigenvalue weighted by Crippen LogP contribution is -2.30. The zero-order chi connectivity index (χ0) is 47.0. The molecule has 0 amide bonds. The van der Waals surface area contributed by atoms with Crippen LogP contribution in [0.15, 0.2) is 0 Å². The predicted octanol–water partition coefficient (Wildman–Crippen LogP) is 18.7. The van der Waals surface area contributed by atoms with Crippen LogP contribution in [0.5, 0.6) is 0 Å². The van der Waals surface area contributed by atoms with Crippen LogP contribution in [-0.4, -0.2) is 37.2 Å². The molecule has 0 aliphatic heterocycles. The summed E-state index contributed by atoms with van der Waals surface area (Å²) >= 11 is 0. The molecule has 0 aliphatic rings. The van der Waals surface area contributed by atoms with Crippen molar-refractivity contribution in [1.29, 1.82) is 0 Å². The number of ether oxygens (including phenoxy) is 3. The third kappa shape index (κ3) is 49.8. The molecule has 0 radical (unpaired) electrons. The smallest absolute Gasteiger partial charge is 0.306 e. The van der Waals surface area contributed by atoms with Crippen molar-refractivity contribution in [3.8, 4) is 0 Å². The topological polar surface area (TPSA) is 78.9 Å². The van der Waals surface area contributed by atoms with Crippen molar-refractivity contribution >= 4 is 17.9 Å². The van der Waals surface area contributed by atoms with Gasteiger partial charge in [0.25, 0.3) is 0 Å². The van der Waals surface area contributed by atoms with Crippen molar-refractivity contribution in [2.45, 2.75) is 324 Å². The summed E-state index contributed by atoms with van der Waals surface area (Å²) in [6.45, 7) is 13.8. The summed E-state index contributed by atoms with van der Waals surface area (Å²) in [7, 11) is 0. The normalized spacial score (nSPS) is 12.6. The van der Waals surface area contributed by atoms with E-state index in [-0.39, 0.29) is 31.1 Å². The molecule has 0 aliphatic carbocycles. The maximum absolute atomic E-state index is 12.8. The monoisotopic (exact) mass is 905 g/mol. The van der Waals surface area contributed by atoms with Gasteiger partial charge in [-0.15, -0.1) is 0 Å². The highest BCUT2D eigenvalue weighted by molar-refractivity contribution is 5.71. The van der Waals surface area contributed by atoms with Crippen LogP contribution in [0.25, 0.3) is 0 Å². The zero-order valence-electron chi connectivity index (χ0n) is 44.1. The van der Waals surface area contributed by atoms with Crippen LogP contribution >= 0.6 is 0 Å². The quantitative estimate of drug-likeness (QED) is 0.0344. The Bertz CT molecular complexity index is 993. The third-order valence-electron chi connectivity index (χ3n) is 13.5. The highest BCUT2D eigenvalue weighted by atomic mass is 16.6. The Kier molecular flexibility index (Phi) is 48.1. The van der Waals surface area contributed by atoms with Crippen LogP contribution in [-0.2, 0) is 28.6 Å². The predicted molar refractivity (Wildman–Crippen MR) is 275 cm³/mol. The molecule has 0 heterocycles. The summed E-state index contributed by atoms with van der Waals surface area (Å²) in [5.41, 5.74) is 0. The van der Waals surface area contributed by atoms with Gasteiger partial charge in [-0.25, -0.2) is 0 Å². The molecule has 0 spiro atoms. The van der Waals surface area contributed by atoms with E-state index in [4.69, 9.17) is 14.2 Å². The van der Waals surface area contributed by atoms with Crippen molar-refractivity contribution in [2.24, 2.45) is 17.8 Å². The molecule has 380 valence electrons. The van der Waals surface area contributed by atoms with Crippen LogP contribution < -0.4 is 0 Å². The number of esters is 3. The van der Waals surface area contributed by atoms with Gasteiger partial charge >= 0.3 is 17.9 Å². The van der Waals surface area contributed by atoms with Gasteiger partial charge in [0.2, 0.25) is 0 Å². The Balaban J connectivity index is 4.30. The number of unbranched alkanes of at least 4 members (excludes halogenated alkanes) is 33. The molecule has 1 unspecified atom stereocenters. The van der Waals surface area contributed by atoms with Crippen molar-refractivity contribution in [2.75, 3.05) is 13.2 Å². The average Bonchev–Trinajstić information content (AvgIpc) is 3.27. The number of carbonyl (C=O) groups excluding carboxylic acids is 3. The molecule has 6 nitrogen and oxygen atoms in total. The van der Waals surface area contributed by atoms with Crippen LogP contribution in [0, 0.1) is 17.8 Å². The second-order valence-corrected chi connectivity index (χ2v) is 21.1. The zero-order valence-corrected chi connectivity index (χ0v) is 44.1. The lowest BCUT2D eigenvalue weighted by molar-refractivity contribution is -0.167. The second-order valence-electron chi connectivity index (χ2n) is 21.1. The van der Waals surface area contributed by atoms with Gasteiger partial charge < -0.3 is 14.2 Å². The van der Waals surface area contributed by atoms with Gasteiger partial charge in [0, 0.05) is 19.3 Å². The largest absolute Gasteiger partial charge is 0.462 e. The fraction of sp³-hybridized carbons (Fsp3) is 0.948. The van der Waals surface area contributed by atoms with E-state index in [9.17, 15) is 14.4 Å². The van der Waals surface area contributed by atoms with Gasteiger partial charge in [0.05, 0.1) is 0 Å². The van der Waals surface area contributed by atoms with E-state index in [1.165, 1.54) is 199 Å². The summed E-state index contributed by atoms with van der Waals surface area (Å²) in [6.07, 6.45) is 50.9. The first-order chi connectivity index (χ1) is 31.1. The minimum absolute atomic E-state index is 0.0639. The number of hydrogen-bond donors (Lipinski definition) is 0. The molecule has 0 rings (SSSR count). The van der Waals surface area contributed by atoms with Gasteiger partial charge in [-0.05, 0) is 37.0 Å². The molecule has 0 aromatic carbocycles. The second kappa shape index (κ2) is 49.3. The molecule has 0 aromatic heterocycles. The minimum atomic E-state index is -0.764. The number of carbonyl (C=O) groups is 3. The summed E-state index contributed by atoms with van der Waals surface area (Å²) in [4.78, 5) is 38.1. The van der Waals surface area contributed by atoms with E-state index in [1.54, 1.807) is 0 Å². The minimum Gasteiger partial charge on any atom is -0.462 e. The van der Waals surface area contributed by atoms with Crippen LogP contribution in [0.4, 0.5) is 0 Å². The molecule has 2 atom stereocenters. The molecule has 0 aromatic rings. The van der Waals surface area contributed by atoms with E-state index in [2.05, 4.69) is 41.5 Å². The first-order valence-electron chi connectivity index (χ1n) is 28.6. The summed E-state index contributed by atoms with van der Waals surface area (Å²) in [6, 6.07) is 0. The fourth-order valence-corrected chi connectivity index (χ4v) is 8.79. The fourth-order valence-electron chi connectivity index (χ4n) is 8.79.